The average Bonchev–Trinajstić information content (AvgIpc) is 2.61. The Bertz CT molecular complexity index is 559. The molecule has 1 aromatic rings. The Balaban J connectivity index is 2.42. The quantitative estimate of drug-likeness (QED) is 0.445. The zero-order chi connectivity index (χ0) is 13.4. The van der Waals surface area contributed by atoms with E-state index in [1.54, 1.807) is 22.6 Å². The van der Waals surface area contributed by atoms with Crippen LogP contribution in [0.2, 0.25) is 0 Å². The van der Waals surface area contributed by atoms with Gasteiger partial charge in [-0.05, 0) is 22.6 Å². The van der Waals surface area contributed by atoms with Gasteiger partial charge in [-0.25, -0.2) is 4.79 Å². The van der Waals surface area contributed by atoms with Gasteiger partial charge in [0.05, 0.1) is 10.2 Å². The fourth-order valence-electron chi connectivity index (χ4n) is 1.73. The average molecular weight is 389 g/mol. The number of halogens is 2. The molecular formula is C9H10ClIN2O5. The number of ether oxygens (including phenoxy) is 1. The Labute approximate surface area is 119 Å². The maximum Gasteiger partial charge on any atom is 0.330 e. The largest absolute Gasteiger partial charge is 0.394 e. The van der Waals surface area contributed by atoms with Crippen molar-refractivity contribution < 1.29 is 14.9 Å². The summed E-state index contributed by atoms with van der Waals surface area (Å²) in [6, 6.07) is 0. The first kappa shape index (κ1) is 14.0. The van der Waals surface area contributed by atoms with E-state index in [-0.39, 0.29) is 0 Å². The lowest BCUT2D eigenvalue weighted by atomic mass is 10.2. The first-order valence-electron chi connectivity index (χ1n) is 5.05. The third-order valence-corrected chi connectivity index (χ3v) is 3.91. The standard InChI is InChI=1S/C9H10ClIN2O5/c10-5-6(15)4(2-14)18-8(5)13-1-3(11)7(16)12-9(13)17/h1,4-6,8,14-15H,2H2,(H,12,16,17)/t4-,5-,6-,8-/m1/s1. The monoisotopic (exact) mass is 388 g/mol. The Kier molecular flexibility index (Phi) is 4.11. The Morgan fingerprint density at radius 2 is 2.22 bits per heavy atom. The van der Waals surface area contributed by atoms with Gasteiger partial charge in [-0.3, -0.25) is 14.3 Å². The first-order valence-corrected chi connectivity index (χ1v) is 6.56. The number of hydrogen-bond acceptors (Lipinski definition) is 5. The molecule has 1 aromatic heterocycles. The van der Waals surface area contributed by atoms with E-state index >= 15 is 0 Å². The summed E-state index contributed by atoms with van der Waals surface area (Å²) in [5.41, 5.74) is -1.18. The van der Waals surface area contributed by atoms with E-state index in [4.69, 9.17) is 21.4 Å². The van der Waals surface area contributed by atoms with Crippen LogP contribution in [-0.2, 0) is 4.74 Å². The van der Waals surface area contributed by atoms with E-state index in [1.165, 1.54) is 6.20 Å². The number of aliphatic hydroxyl groups excluding tert-OH is 2. The van der Waals surface area contributed by atoms with Crippen LogP contribution in [0.4, 0.5) is 0 Å². The normalized spacial score (nSPS) is 31.8. The van der Waals surface area contributed by atoms with Gasteiger partial charge in [-0.1, -0.05) is 0 Å². The van der Waals surface area contributed by atoms with Crippen LogP contribution < -0.4 is 11.2 Å². The molecule has 3 N–H and O–H groups in total. The lowest BCUT2D eigenvalue weighted by Gasteiger charge is -2.16. The van der Waals surface area contributed by atoms with E-state index < -0.39 is 41.7 Å². The molecule has 0 amide bonds. The molecule has 0 unspecified atom stereocenters. The second kappa shape index (κ2) is 5.29. The van der Waals surface area contributed by atoms with Gasteiger partial charge in [0, 0.05) is 6.20 Å². The Morgan fingerprint density at radius 1 is 1.56 bits per heavy atom. The van der Waals surface area contributed by atoms with Crippen molar-refractivity contribution in [3.63, 3.8) is 0 Å². The number of hydrogen-bond donors (Lipinski definition) is 3. The third-order valence-electron chi connectivity index (χ3n) is 2.67. The lowest BCUT2D eigenvalue weighted by Crippen LogP contribution is -2.36. The molecule has 1 saturated heterocycles. The minimum atomic E-state index is -1.09. The van der Waals surface area contributed by atoms with Crippen molar-refractivity contribution in [1.82, 2.24) is 9.55 Å². The molecule has 1 aliphatic rings. The number of nitrogens with zero attached hydrogens (tertiary/aromatic N) is 1. The number of H-pyrrole nitrogens is 1. The summed E-state index contributed by atoms with van der Waals surface area (Å²) in [5.74, 6) is 0. The first-order chi connectivity index (χ1) is 8.45. The van der Waals surface area contributed by atoms with Crippen LogP contribution in [0, 0.1) is 3.57 Å². The van der Waals surface area contributed by atoms with Gasteiger partial charge in [-0.15, -0.1) is 11.6 Å². The van der Waals surface area contributed by atoms with Crippen molar-refractivity contribution >= 4 is 34.2 Å². The molecule has 0 saturated carbocycles. The number of nitrogens with one attached hydrogen (secondary N) is 1. The van der Waals surface area contributed by atoms with Gasteiger partial charge in [0.2, 0.25) is 0 Å². The highest BCUT2D eigenvalue weighted by atomic mass is 127. The predicted molar refractivity (Wildman–Crippen MR) is 70.7 cm³/mol. The SMILES string of the molecule is O=c1[nH]c(=O)n([C@@H]2O[C@H](CO)[C@@H](O)[C@H]2Cl)cc1I. The van der Waals surface area contributed by atoms with Crippen molar-refractivity contribution in [2.45, 2.75) is 23.8 Å². The molecule has 0 spiro atoms. The van der Waals surface area contributed by atoms with Gasteiger partial charge in [-0.2, -0.15) is 0 Å². The van der Waals surface area contributed by atoms with Gasteiger partial charge >= 0.3 is 5.69 Å². The van der Waals surface area contributed by atoms with Crippen LogP contribution in [0.3, 0.4) is 0 Å². The summed E-state index contributed by atoms with van der Waals surface area (Å²) in [4.78, 5) is 25.0. The van der Waals surface area contributed by atoms with Gasteiger partial charge < -0.3 is 14.9 Å². The van der Waals surface area contributed by atoms with Crippen molar-refractivity contribution in [1.29, 1.82) is 0 Å². The van der Waals surface area contributed by atoms with Crippen LogP contribution >= 0.6 is 34.2 Å². The number of rotatable bonds is 2. The maximum atomic E-state index is 11.6. The van der Waals surface area contributed by atoms with Crippen molar-refractivity contribution in [3.8, 4) is 0 Å². The molecule has 1 fully saturated rings. The van der Waals surface area contributed by atoms with Crippen molar-refractivity contribution in [2.75, 3.05) is 6.61 Å². The molecule has 0 aliphatic carbocycles. The van der Waals surface area contributed by atoms with Crippen LogP contribution in [0.25, 0.3) is 0 Å². The highest BCUT2D eigenvalue weighted by molar-refractivity contribution is 14.1. The number of aromatic nitrogens is 2. The van der Waals surface area contributed by atoms with E-state index in [1.807, 2.05) is 0 Å². The summed E-state index contributed by atoms with van der Waals surface area (Å²) in [7, 11) is 0. The van der Waals surface area contributed by atoms with Gasteiger partial charge in [0.15, 0.2) is 6.23 Å². The van der Waals surface area contributed by atoms with Gasteiger partial charge in [0.25, 0.3) is 5.56 Å². The molecule has 9 heteroatoms. The summed E-state index contributed by atoms with van der Waals surface area (Å²) < 4.78 is 6.69. The molecule has 2 rings (SSSR count). The molecule has 7 nitrogen and oxygen atoms in total. The smallest absolute Gasteiger partial charge is 0.330 e. The molecular weight excluding hydrogens is 378 g/mol. The topological polar surface area (TPSA) is 105 Å². The minimum Gasteiger partial charge on any atom is -0.394 e. The van der Waals surface area contributed by atoms with Crippen molar-refractivity contribution in [3.05, 3.63) is 30.6 Å². The third kappa shape index (κ3) is 2.35. The van der Waals surface area contributed by atoms with Crippen LogP contribution in [0.15, 0.2) is 15.8 Å². The molecule has 100 valence electrons. The number of alkyl halides is 1. The van der Waals surface area contributed by atoms with Crippen molar-refractivity contribution in [2.24, 2.45) is 0 Å². The summed E-state index contributed by atoms with van der Waals surface area (Å²) in [6.07, 6.45) is -1.57. The zero-order valence-electron chi connectivity index (χ0n) is 8.92. The highest BCUT2D eigenvalue weighted by Gasteiger charge is 2.43. The van der Waals surface area contributed by atoms with Crippen LogP contribution in [0.5, 0.6) is 0 Å². The number of aromatic amines is 1. The van der Waals surface area contributed by atoms with E-state index in [2.05, 4.69) is 4.98 Å². The molecule has 0 bridgehead atoms. The second-order valence-corrected chi connectivity index (χ2v) is 5.49. The van der Waals surface area contributed by atoms with E-state index in [0.29, 0.717) is 3.57 Å². The summed E-state index contributed by atoms with van der Waals surface area (Å²) in [6.45, 7) is -0.407. The highest BCUT2D eigenvalue weighted by Crippen LogP contribution is 2.32. The molecule has 2 heterocycles. The number of aliphatic hydroxyl groups is 2. The maximum absolute atomic E-state index is 11.6. The van der Waals surface area contributed by atoms with Crippen LogP contribution in [0.1, 0.15) is 6.23 Å². The predicted octanol–water partition coefficient (Wildman–Crippen LogP) is -1.00. The van der Waals surface area contributed by atoms with E-state index in [0.717, 1.165) is 4.57 Å². The summed E-state index contributed by atoms with van der Waals surface area (Å²) in [5, 5.41) is 17.8. The molecule has 4 atom stereocenters. The molecule has 0 radical (unpaired) electrons. The minimum absolute atomic E-state index is 0.293. The Hall–Kier alpha value is -0.420. The fourth-order valence-corrected chi connectivity index (χ4v) is 2.51. The molecule has 1 aliphatic heterocycles. The summed E-state index contributed by atoms with van der Waals surface area (Å²) >= 11 is 7.73. The Morgan fingerprint density at radius 3 is 2.78 bits per heavy atom. The molecule has 0 aromatic carbocycles. The lowest BCUT2D eigenvalue weighted by molar-refractivity contribution is -0.0458. The fraction of sp³-hybridized carbons (Fsp3) is 0.556. The second-order valence-electron chi connectivity index (χ2n) is 3.83. The van der Waals surface area contributed by atoms with E-state index in [9.17, 15) is 14.7 Å². The van der Waals surface area contributed by atoms with Crippen LogP contribution in [-0.4, -0.2) is 44.0 Å². The molecule has 18 heavy (non-hydrogen) atoms. The zero-order valence-corrected chi connectivity index (χ0v) is 11.8. The van der Waals surface area contributed by atoms with Gasteiger partial charge in [0.1, 0.15) is 17.6 Å².